The molecule has 0 bridgehead atoms. The summed E-state index contributed by atoms with van der Waals surface area (Å²) >= 11 is 0. The van der Waals surface area contributed by atoms with Crippen molar-refractivity contribution in [1.82, 2.24) is 14.1 Å². The number of rotatable bonds is 9. The van der Waals surface area contributed by atoms with Crippen molar-refractivity contribution < 1.29 is 30.4 Å². The van der Waals surface area contributed by atoms with E-state index >= 15 is 0 Å². The fourth-order valence-electron chi connectivity index (χ4n) is 9.33. The van der Waals surface area contributed by atoms with E-state index < -0.39 is 5.41 Å². The molecule has 0 fully saturated rings. The summed E-state index contributed by atoms with van der Waals surface area (Å²) < 4.78 is 13.8. The standard InChI is InChI=1S/C62H64N4O.Pt/c1-58(2,3)44-27-22-28-47(33-44)64-40-55(60(7,8)9)65(41-64)48-34-46(61(10,11)42-23-16-14-17-24-42)35-49(37-48)67-50-38-52(62(12,13)43-25-18-15-19-26-43)57-51-29-20-21-30-53(51)66(54(57)39-50)56-36-45(31-32-63-56)59(4,5)6;/h14-36,38,40H,1-13H3;/q-2;. The minimum Gasteiger partial charge on any atom is -0.510 e. The summed E-state index contributed by atoms with van der Waals surface area (Å²) in [6.45, 7) is 29.4. The molecule has 6 aromatic carbocycles. The number of hydrogen-bond donors (Lipinski definition) is 0. The van der Waals surface area contributed by atoms with Crippen LogP contribution in [0, 0.1) is 18.5 Å². The predicted octanol–water partition coefficient (Wildman–Crippen LogP) is 15.0. The smallest absolute Gasteiger partial charge is 0.267 e. The third-order valence-corrected chi connectivity index (χ3v) is 13.6. The van der Waals surface area contributed by atoms with Gasteiger partial charge in [-0.05, 0) is 90.7 Å². The Labute approximate surface area is 419 Å². The van der Waals surface area contributed by atoms with Crippen LogP contribution in [-0.2, 0) is 48.1 Å². The SMILES string of the molecule is CC(C)(C)c1cccc(-[n+]2[c-]n(-c3[c-]c(Oc4[c-]c5c(c(C(C)(C)c6ccccc6)c4)c4ccccc4n5-c4cc(C(C)(C)C)ccn4)cc(C(C)(C)c4ccccc4)c3)c(C(C)(C)C)c2)c1.[Pt]. The third-order valence-electron chi connectivity index (χ3n) is 13.6. The van der Waals surface area contributed by atoms with Crippen molar-refractivity contribution in [2.45, 2.75) is 117 Å². The van der Waals surface area contributed by atoms with Gasteiger partial charge in [0.25, 0.3) is 6.33 Å². The van der Waals surface area contributed by atoms with Crippen molar-refractivity contribution in [3.05, 3.63) is 209 Å². The zero-order chi connectivity index (χ0) is 47.7. The molecule has 6 heteroatoms. The van der Waals surface area contributed by atoms with Gasteiger partial charge in [0.2, 0.25) is 0 Å². The summed E-state index contributed by atoms with van der Waals surface area (Å²) in [5, 5.41) is 2.27. The largest absolute Gasteiger partial charge is 0.510 e. The summed E-state index contributed by atoms with van der Waals surface area (Å²) in [6, 6.07) is 57.5. The first-order valence-corrected chi connectivity index (χ1v) is 23.6. The van der Waals surface area contributed by atoms with E-state index in [1.807, 2.05) is 6.20 Å². The van der Waals surface area contributed by atoms with Crippen molar-refractivity contribution in [1.29, 1.82) is 0 Å². The Morgan fingerprint density at radius 2 is 1.12 bits per heavy atom. The number of pyridine rings is 1. The maximum absolute atomic E-state index is 7.25. The third kappa shape index (κ3) is 9.15. The molecule has 0 radical (unpaired) electrons. The molecule has 0 aliphatic rings. The minimum atomic E-state index is -0.423. The molecule has 5 nitrogen and oxygen atoms in total. The van der Waals surface area contributed by atoms with Crippen LogP contribution in [0.2, 0.25) is 0 Å². The molecule has 3 heterocycles. The van der Waals surface area contributed by atoms with Gasteiger partial charge in [-0.25, -0.2) is 4.98 Å². The topological polar surface area (TPSA) is 35.9 Å². The molecule has 3 aromatic heterocycles. The van der Waals surface area contributed by atoms with Crippen LogP contribution in [0.3, 0.4) is 0 Å². The first-order chi connectivity index (χ1) is 31.6. The summed E-state index contributed by atoms with van der Waals surface area (Å²) in [5.41, 5.74) is 11.0. The molecular formula is C62H64N4OPt-2. The first-order valence-electron chi connectivity index (χ1n) is 23.6. The number of imidazole rings is 1. The monoisotopic (exact) mass is 1080 g/mol. The molecule has 0 unspecified atom stereocenters. The first kappa shape index (κ1) is 48.4. The molecule has 0 N–H and O–H groups in total. The zero-order valence-corrected chi connectivity index (χ0v) is 44.2. The van der Waals surface area contributed by atoms with Gasteiger partial charge in [-0.2, -0.15) is 6.07 Å². The summed E-state index contributed by atoms with van der Waals surface area (Å²) in [6.07, 6.45) is 7.91. The van der Waals surface area contributed by atoms with Crippen LogP contribution in [0.5, 0.6) is 11.5 Å². The maximum Gasteiger partial charge on any atom is 0.267 e. The van der Waals surface area contributed by atoms with E-state index in [0.717, 1.165) is 55.8 Å². The minimum absolute atomic E-state index is 0. The number of ether oxygens (including phenoxy) is 1. The molecule has 350 valence electrons. The van der Waals surface area contributed by atoms with Crippen LogP contribution < -0.4 is 9.30 Å². The fraction of sp³-hybridized carbons (Fsp3) is 0.290. The van der Waals surface area contributed by atoms with Crippen molar-refractivity contribution >= 4 is 21.8 Å². The Morgan fingerprint density at radius 3 is 1.76 bits per heavy atom. The molecule has 0 saturated carbocycles. The zero-order valence-electron chi connectivity index (χ0n) is 41.9. The number of hydrogen-bond acceptors (Lipinski definition) is 2. The Hall–Kier alpha value is -6.03. The molecule has 0 atom stereocenters. The number of aromatic nitrogens is 4. The molecule has 0 aliphatic heterocycles. The number of nitrogens with zero attached hydrogens (tertiary/aromatic N) is 4. The van der Waals surface area contributed by atoms with Crippen LogP contribution in [0.15, 0.2) is 152 Å². The molecule has 0 amide bonds. The second-order valence-corrected chi connectivity index (χ2v) is 22.3. The molecule has 68 heavy (non-hydrogen) atoms. The van der Waals surface area contributed by atoms with E-state index in [1.54, 1.807) is 0 Å². The molecule has 9 aromatic rings. The average molecular weight is 1080 g/mol. The molecule has 0 aliphatic carbocycles. The molecule has 9 rings (SSSR count). The van der Waals surface area contributed by atoms with Crippen LogP contribution >= 0.6 is 0 Å². The van der Waals surface area contributed by atoms with E-state index in [9.17, 15) is 0 Å². The van der Waals surface area contributed by atoms with Crippen LogP contribution in [0.1, 0.15) is 129 Å². The van der Waals surface area contributed by atoms with Gasteiger partial charge in [0.15, 0.2) is 0 Å². The molecule has 0 saturated heterocycles. The fourth-order valence-corrected chi connectivity index (χ4v) is 9.33. The van der Waals surface area contributed by atoms with E-state index in [0.29, 0.717) is 11.5 Å². The van der Waals surface area contributed by atoms with Gasteiger partial charge in [-0.15, -0.1) is 35.4 Å². The predicted molar refractivity (Wildman–Crippen MR) is 276 cm³/mol. The Bertz CT molecular complexity index is 3260. The van der Waals surface area contributed by atoms with Gasteiger partial charge in [0, 0.05) is 50.5 Å². The van der Waals surface area contributed by atoms with E-state index in [1.165, 1.54) is 22.3 Å². The van der Waals surface area contributed by atoms with Gasteiger partial charge in [0.05, 0.1) is 11.4 Å². The Balaban J connectivity index is 0.00000625. The van der Waals surface area contributed by atoms with Gasteiger partial charge in [-0.1, -0.05) is 192 Å². The van der Waals surface area contributed by atoms with E-state index in [4.69, 9.17) is 9.72 Å². The van der Waals surface area contributed by atoms with E-state index in [-0.39, 0.29) is 42.7 Å². The van der Waals surface area contributed by atoms with Crippen LogP contribution in [-0.4, -0.2) is 14.1 Å². The van der Waals surface area contributed by atoms with Crippen molar-refractivity contribution in [2.75, 3.05) is 0 Å². The molecule has 0 spiro atoms. The average Bonchev–Trinajstić information content (AvgIpc) is 3.90. The van der Waals surface area contributed by atoms with Gasteiger partial charge < -0.3 is 13.9 Å². The summed E-state index contributed by atoms with van der Waals surface area (Å²) in [4.78, 5) is 5.03. The number of fused-ring (bicyclic) bond motifs is 3. The van der Waals surface area contributed by atoms with Gasteiger partial charge >= 0.3 is 0 Å². The van der Waals surface area contributed by atoms with Crippen LogP contribution in [0.25, 0.3) is 39.0 Å². The second kappa shape index (κ2) is 17.8. The second-order valence-electron chi connectivity index (χ2n) is 22.3. The van der Waals surface area contributed by atoms with Crippen molar-refractivity contribution in [3.8, 4) is 28.7 Å². The summed E-state index contributed by atoms with van der Waals surface area (Å²) in [5.74, 6) is 2.03. The number of para-hydroxylation sites is 1. The summed E-state index contributed by atoms with van der Waals surface area (Å²) in [7, 11) is 0. The van der Waals surface area contributed by atoms with Gasteiger partial charge in [-0.3, -0.25) is 4.57 Å². The van der Waals surface area contributed by atoms with Crippen molar-refractivity contribution in [2.24, 2.45) is 0 Å². The van der Waals surface area contributed by atoms with Crippen molar-refractivity contribution in [3.63, 3.8) is 0 Å². The quantitative estimate of drug-likeness (QED) is 0.107. The Kier molecular flexibility index (Phi) is 12.7. The van der Waals surface area contributed by atoms with Crippen LogP contribution in [0.4, 0.5) is 0 Å². The Morgan fingerprint density at radius 1 is 0.529 bits per heavy atom. The maximum atomic E-state index is 7.25. The van der Waals surface area contributed by atoms with Gasteiger partial charge in [0.1, 0.15) is 5.82 Å². The molecular weight excluding hydrogens is 1010 g/mol. The normalized spacial score (nSPS) is 12.7. The number of benzene rings is 6. The van der Waals surface area contributed by atoms with E-state index in [2.05, 4.69) is 268 Å².